The summed E-state index contributed by atoms with van der Waals surface area (Å²) in [5.41, 5.74) is 2.52. The molecular weight excluding hydrogens is 412 g/mol. The van der Waals surface area contributed by atoms with E-state index in [1.54, 1.807) is 15.9 Å². The number of aromatic nitrogens is 2. The van der Waals surface area contributed by atoms with Gasteiger partial charge in [0.15, 0.2) is 0 Å². The van der Waals surface area contributed by atoms with Crippen LogP contribution >= 0.6 is 11.3 Å². The highest BCUT2D eigenvalue weighted by atomic mass is 32.1. The molecular formula is C23H28N4O3S. The molecule has 0 saturated heterocycles. The molecule has 4 rings (SSSR count). The summed E-state index contributed by atoms with van der Waals surface area (Å²) in [4.78, 5) is 42.1. The third-order valence-electron chi connectivity index (χ3n) is 5.87. The van der Waals surface area contributed by atoms with Gasteiger partial charge in [0.2, 0.25) is 11.8 Å². The molecule has 7 nitrogen and oxygen atoms in total. The first-order chi connectivity index (χ1) is 15.0. The van der Waals surface area contributed by atoms with Gasteiger partial charge in [0.1, 0.15) is 12.6 Å². The number of hydrogen-bond acceptors (Lipinski definition) is 4. The quantitative estimate of drug-likeness (QED) is 0.614. The van der Waals surface area contributed by atoms with Gasteiger partial charge in [-0.1, -0.05) is 25.5 Å². The molecule has 3 aromatic rings. The molecule has 164 valence electrons. The Morgan fingerprint density at radius 3 is 2.58 bits per heavy atom. The number of aryl methyl sites for hydroxylation is 1. The van der Waals surface area contributed by atoms with Crippen LogP contribution in [0.3, 0.4) is 0 Å². The van der Waals surface area contributed by atoms with Crippen LogP contribution in [-0.4, -0.2) is 38.4 Å². The summed E-state index contributed by atoms with van der Waals surface area (Å²) in [6.45, 7) is 5.60. The molecule has 0 bridgehead atoms. The number of amides is 2. The Labute approximate surface area is 185 Å². The van der Waals surface area contributed by atoms with Crippen molar-refractivity contribution in [1.82, 2.24) is 19.4 Å². The van der Waals surface area contributed by atoms with E-state index in [4.69, 9.17) is 0 Å². The summed E-state index contributed by atoms with van der Waals surface area (Å²) < 4.78 is 3.14. The maximum absolute atomic E-state index is 13.2. The monoisotopic (exact) mass is 440 g/mol. The fourth-order valence-corrected chi connectivity index (χ4v) is 5.21. The fraction of sp³-hybridized carbons (Fsp3) is 0.435. The van der Waals surface area contributed by atoms with E-state index >= 15 is 0 Å². The molecule has 8 heteroatoms. The van der Waals surface area contributed by atoms with E-state index < -0.39 is 6.04 Å². The van der Waals surface area contributed by atoms with Gasteiger partial charge in [0.25, 0.3) is 0 Å². The van der Waals surface area contributed by atoms with Crippen LogP contribution in [0, 0.1) is 0 Å². The third-order valence-corrected chi connectivity index (χ3v) is 6.90. The Morgan fingerprint density at radius 1 is 1.13 bits per heavy atom. The van der Waals surface area contributed by atoms with Gasteiger partial charge in [-0.15, -0.1) is 11.3 Å². The number of thiophene rings is 1. The Hall–Kier alpha value is -2.87. The standard InChI is InChI=1S/C23H28N4O3S/c1-3-7-17(22(29)25-12-10-20-16(14-25)11-13-31-20)24-21(28)15-27-19-9-6-5-8-18(19)26(4-2)23(27)30/h5-6,8-9,11,13,17H,3-4,7,10,12,14-15H2,1-2H3,(H,24,28). The molecule has 0 fully saturated rings. The van der Waals surface area contributed by atoms with E-state index in [0.29, 0.717) is 26.1 Å². The minimum atomic E-state index is -0.576. The zero-order valence-corrected chi connectivity index (χ0v) is 18.8. The average Bonchev–Trinajstić information content (AvgIpc) is 3.35. The molecule has 31 heavy (non-hydrogen) atoms. The Morgan fingerprint density at radius 2 is 1.87 bits per heavy atom. The molecule has 2 aromatic heterocycles. The van der Waals surface area contributed by atoms with Crippen molar-refractivity contribution in [3.8, 4) is 0 Å². The van der Waals surface area contributed by atoms with Crippen molar-refractivity contribution in [3.05, 3.63) is 56.6 Å². The first kappa shape index (κ1) is 21.4. The minimum Gasteiger partial charge on any atom is -0.343 e. The molecule has 1 atom stereocenters. The van der Waals surface area contributed by atoms with Gasteiger partial charge in [-0.3, -0.25) is 18.7 Å². The number of nitrogens with zero attached hydrogens (tertiary/aromatic N) is 3. The van der Waals surface area contributed by atoms with Crippen LogP contribution in [0.1, 0.15) is 37.1 Å². The highest BCUT2D eigenvalue weighted by molar-refractivity contribution is 7.10. The number of para-hydroxylation sites is 2. The van der Waals surface area contributed by atoms with Crippen LogP contribution < -0.4 is 11.0 Å². The summed E-state index contributed by atoms with van der Waals surface area (Å²) in [5, 5.41) is 4.97. The first-order valence-electron chi connectivity index (χ1n) is 10.8. The van der Waals surface area contributed by atoms with Crippen LogP contribution in [0.15, 0.2) is 40.5 Å². The van der Waals surface area contributed by atoms with E-state index in [1.807, 2.05) is 43.0 Å². The lowest BCUT2D eigenvalue weighted by Gasteiger charge is -2.31. The number of imidazole rings is 1. The second-order valence-corrected chi connectivity index (χ2v) is 8.89. The molecule has 0 saturated carbocycles. The molecule has 1 aromatic carbocycles. The fourth-order valence-electron chi connectivity index (χ4n) is 4.32. The highest BCUT2D eigenvalue weighted by Gasteiger charge is 2.28. The maximum atomic E-state index is 13.2. The van der Waals surface area contributed by atoms with Gasteiger partial charge < -0.3 is 10.2 Å². The molecule has 0 aliphatic carbocycles. The lowest BCUT2D eigenvalue weighted by molar-refractivity contribution is -0.137. The maximum Gasteiger partial charge on any atom is 0.329 e. The van der Waals surface area contributed by atoms with E-state index in [9.17, 15) is 14.4 Å². The van der Waals surface area contributed by atoms with E-state index in [0.717, 1.165) is 23.9 Å². The van der Waals surface area contributed by atoms with Crippen molar-refractivity contribution in [2.24, 2.45) is 0 Å². The van der Waals surface area contributed by atoms with Crippen molar-refractivity contribution >= 4 is 34.2 Å². The summed E-state index contributed by atoms with van der Waals surface area (Å²) >= 11 is 1.73. The topological polar surface area (TPSA) is 76.3 Å². The zero-order valence-electron chi connectivity index (χ0n) is 18.0. The normalized spacial score (nSPS) is 14.5. The minimum absolute atomic E-state index is 0.0459. The van der Waals surface area contributed by atoms with Gasteiger partial charge in [-0.2, -0.15) is 0 Å². The second kappa shape index (κ2) is 9.09. The number of hydrogen-bond donors (Lipinski definition) is 1. The number of carbonyl (C=O) groups excluding carboxylic acids is 2. The first-order valence-corrected chi connectivity index (χ1v) is 11.7. The van der Waals surface area contributed by atoms with Gasteiger partial charge in [0.05, 0.1) is 11.0 Å². The van der Waals surface area contributed by atoms with E-state index in [-0.39, 0.29) is 24.0 Å². The Balaban J connectivity index is 1.50. The lowest BCUT2D eigenvalue weighted by Crippen LogP contribution is -2.50. The lowest BCUT2D eigenvalue weighted by atomic mass is 10.1. The summed E-state index contributed by atoms with van der Waals surface area (Å²) in [5.74, 6) is -0.364. The zero-order chi connectivity index (χ0) is 22.0. The summed E-state index contributed by atoms with van der Waals surface area (Å²) in [7, 11) is 0. The van der Waals surface area contributed by atoms with Crippen LogP contribution in [0.2, 0.25) is 0 Å². The summed E-state index contributed by atoms with van der Waals surface area (Å²) in [6, 6.07) is 8.96. The number of nitrogens with one attached hydrogen (secondary N) is 1. The molecule has 1 aliphatic heterocycles. The predicted molar refractivity (Wildman–Crippen MR) is 122 cm³/mol. The van der Waals surface area contributed by atoms with Crippen molar-refractivity contribution in [1.29, 1.82) is 0 Å². The predicted octanol–water partition coefficient (Wildman–Crippen LogP) is 2.75. The van der Waals surface area contributed by atoms with Gasteiger partial charge >= 0.3 is 5.69 Å². The van der Waals surface area contributed by atoms with Crippen LogP contribution in [0.5, 0.6) is 0 Å². The highest BCUT2D eigenvalue weighted by Crippen LogP contribution is 2.24. The molecule has 1 unspecified atom stereocenters. The number of carbonyl (C=O) groups is 2. The molecule has 3 heterocycles. The Kier molecular flexibility index (Phi) is 6.27. The molecule has 0 spiro atoms. The largest absolute Gasteiger partial charge is 0.343 e. The van der Waals surface area contributed by atoms with Crippen molar-refractivity contribution in [2.45, 2.75) is 58.8 Å². The molecule has 1 aliphatic rings. The summed E-state index contributed by atoms with van der Waals surface area (Å²) in [6.07, 6.45) is 2.21. The van der Waals surface area contributed by atoms with Gasteiger partial charge in [-0.05, 0) is 48.9 Å². The SMILES string of the molecule is CCCC(NC(=O)Cn1c(=O)n(CC)c2ccccc21)C(=O)N1CCc2sccc2C1. The van der Waals surface area contributed by atoms with Gasteiger partial charge in [0, 0.05) is 24.5 Å². The van der Waals surface area contributed by atoms with Crippen LogP contribution in [0.25, 0.3) is 11.0 Å². The Bertz CT molecular complexity index is 1160. The second-order valence-electron chi connectivity index (χ2n) is 7.89. The molecule has 2 amide bonds. The third kappa shape index (κ3) is 4.17. The van der Waals surface area contributed by atoms with Gasteiger partial charge in [-0.25, -0.2) is 4.79 Å². The van der Waals surface area contributed by atoms with Crippen molar-refractivity contribution in [3.63, 3.8) is 0 Å². The smallest absolute Gasteiger partial charge is 0.329 e. The number of fused-ring (bicyclic) bond motifs is 2. The number of benzene rings is 1. The van der Waals surface area contributed by atoms with Crippen LogP contribution in [0.4, 0.5) is 0 Å². The average molecular weight is 441 g/mol. The number of rotatable bonds is 7. The molecule has 1 N–H and O–H groups in total. The van der Waals surface area contributed by atoms with Crippen LogP contribution in [-0.2, 0) is 35.6 Å². The van der Waals surface area contributed by atoms with E-state index in [1.165, 1.54) is 15.0 Å². The van der Waals surface area contributed by atoms with E-state index in [2.05, 4.69) is 16.8 Å². The van der Waals surface area contributed by atoms with Crippen molar-refractivity contribution < 1.29 is 9.59 Å². The van der Waals surface area contributed by atoms with Crippen molar-refractivity contribution in [2.75, 3.05) is 6.54 Å². The molecule has 0 radical (unpaired) electrons.